The zero-order valence-corrected chi connectivity index (χ0v) is 14.1. The highest BCUT2D eigenvalue weighted by Gasteiger charge is 2.34. The first-order valence-electron chi connectivity index (χ1n) is 8.02. The molecule has 1 aliphatic rings. The third-order valence-corrected chi connectivity index (χ3v) is 3.40. The van der Waals surface area contributed by atoms with Crippen LogP contribution < -0.4 is 10.6 Å². The lowest BCUT2D eigenvalue weighted by molar-refractivity contribution is -0.143. The summed E-state index contributed by atoms with van der Waals surface area (Å²) in [6.45, 7) is 7.52. The summed E-state index contributed by atoms with van der Waals surface area (Å²) in [4.78, 5) is 12.9. The molecule has 1 atom stereocenters. The van der Waals surface area contributed by atoms with Gasteiger partial charge in [0.2, 0.25) is 0 Å². The number of carbonyl (C=O) groups is 1. The van der Waals surface area contributed by atoms with Gasteiger partial charge in [0.1, 0.15) is 5.60 Å². The zero-order chi connectivity index (χ0) is 17.5. The second kappa shape index (κ2) is 8.73. The highest BCUT2D eigenvalue weighted by Crippen LogP contribution is 2.22. The van der Waals surface area contributed by atoms with Crippen molar-refractivity contribution in [3.05, 3.63) is 0 Å². The Balaban J connectivity index is 2.01. The standard InChI is InChI=1S/C15H28F3N3O2/c1-14(2,3)23-13(22)20-7-4-6-19-9-12-5-8-21(10-12)11-15(16,17)18/h12,19H,4-11H2,1-3H3,(H,20,22). The van der Waals surface area contributed by atoms with Gasteiger partial charge in [0.15, 0.2) is 0 Å². The molecule has 0 aliphatic carbocycles. The largest absolute Gasteiger partial charge is 0.444 e. The van der Waals surface area contributed by atoms with E-state index in [0.29, 0.717) is 32.7 Å². The molecule has 1 fully saturated rings. The number of carbonyl (C=O) groups excluding carboxylic acids is 1. The first kappa shape index (κ1) is 20.0. The molecule has 8 heteroatoms. The van der Waals surface area contributed by atoms with E-state index in [-0.39, 0.29) is 5.92 Å². The van der Waals surface area contributed by atoms with Gasteiger partial charge >= 0.3 is 12.3 Å². The van der Waals surface area contributed by atoms with Gasteiger partial charge in [-0.2, -0.15) is 13.2 Å². The summed E-state index contributed by atoms with van der Waals surface area (Å²) in [5.74, 6) is 0.260. The molecule has 0 radical (unpaired) electrons. The maximum atomic E-state index is 12.3. The number of likely N-dealkylation sites (tertiary alicyclic amines) is 1. The second-order valence-corrected chi connectivity index (χ2v) is 6.99. The minimum absolute atomic E-state index is 0.260. The van der Waals surface area contributed by atoms with Crippen molar-refractivity contribution in [1.29, 1.82) is 0 Å². The average molecular weight is 339 g/mol. The SMILES string of the molecule is CC(C)(C)OC(=O)NCCCNCC1CCN(CC(F)(F)F)C1. The molecule has 0 aromatic carbocycles. The lowest BCUT2D eigenvalue weighted by Crippen LogP contribution is -2.35. The molecule has 136 valence electrons. The first-order chi connectivity index (χ1) is 10.6. The summed E-state index contributed by atoms with van der Waals surface area (Å²) in [6.07, 6.45) is -3.01. The van der Waals surface area contributed by atoms with Gasteiger partial charge in [-0.1, -0.05) is 0 Å². The Labute approximate surface area is 135 Å². The normalized spacial score (nSPS) is 19.8. The Hall–Kier alpha value is -1.02. The van der Waals surface area contributed by atoms with Crippen molar-refractivity contribution in [3.63, 3.8) is 0 Å². The van der Waals surface area contributed by atoms with Gasteiger partial charge in [-0.15, -0.1) is 0 Å². The second-order valence-electron chi connectivity index (χ2n) is 6.99. The number of nitrogens with one attached hydrogen (secondary N) is 2. The van der Waals surface area contributed by atoms with Crippen LogP contribution in [-0.4, -0.2) is 62.0 Å². The summed E-state index contributed by atoms with van der Waals surface area (Å²) < 4.78 is 42.0. The van der Waals surface area contributed by atoms with E-state index in [0.717, 1.165) is 12.8 Å². The van der Waals surface area contributed by atoms with Gasteiger partial charge in [0.05, 0.1) is 6.54 Å². The summed E-state index contributed by atoms with van der Waals surface area (Å²) >= 11 is 0. The highest BCUT2D eigenvalue weighted by molar-refractivity contribution is 5.67. The van der Waals surface area contributed by atoms with Gasteiger partial charge in [-0.25, -0.2) is 4.79 Å². The van der Waals surface area contributed by atoms with Crippen molar-refractivity contribution in [3.8, 4) is 0 Å². The lowest BCUT2D eigenvalue weighted by Gasteiger charge is -2.19. The molecule has 5 nitrogen and oxygen atoms in total. The van der Waals surface area contributed by atoms with Crippen LogP contribution >= 0.6 is 0 Å². The van der Waals surface area contributed by atoms with Crippen LogP contribution in [0.15, 0.2) is 0 Å². The minimum atomic E-state index is -4.12. The van der Waals surface area contributed by atoms with Crippen molar-refractivity contribution >= 4 is 6.09 Å². The molecule has 1 saturated heterocycles. The van der Waals surface area contributed by atoms with Crippen LogP contribution in [0.5, 0.6) is 0 Å². The molecular weight excluding hydrogens is 311 g/mol. The van der Waals surface area contributed by atoms with Crippen LogP contribution in [0.1, 0.15) is 33.6 Å². The predicted molar refractivity (Wildman–Crippen MR) is 82.3 cm³/mol. The Morgan fingerprint density at radius 2 is 1.96 bits per heavy atom. The van der Waals surface area contributed by atoms with E-state index in [4.69, 9.17) is 4.74 Å². The topological polar surface area (TPSA) is 53.6 Å². The van der Waals surface area contributed by atoms with Crippen LogP contribution in [0.3, 0.4) is 0 Å². The number of amides is 1. The number of hydrogen-bond acceptors (Lipinski definition) is 4. The van der Waals surface area contributed by atoms with E-state index in [1.54, 1.807) is 20.8 Å². The van der Waals surface area contributed by atoms with Crippen molar-refractivity contribution in [1.82, 2.24) is 15.5 Å². The van der Waals surface area contributed by atoms with Crippen LogP contribution in [0.25, 0.3) is 0 Å². The summed E-state index contributed by atoms with van der Waals surface area (Å²) in [5, 5.41) is 5.90. The Bertz CT molecular complexity index is 370. The third kappa shape index (κ3) is 10.4. The number of rotatable bonds is 7. The van der Waals surface area contributed by atoms with E-state index in [9.17, 15) is 18.0 Å². The fraction of sp³-hybridized carbons (Fsp3) is 0.933. The van der Waals surface area contributed by atoms with Crippen molar-refractivity contribution in [2.24, 2.45) is 5.92 Å². The van der Waals surface area contributed by atoms with Crippen LogP contribution in [0.4, 0.5) is 18.0 Å². The number of halogens is 3. The number of nitrogens with zero attached hydrogens (tertiary/aromatic N) is 1. The molecule has 23 heavy (non-hydrogen) atoms. The van der Waals surface area contributed by atoms with Crippen LogP contribution in [0, 0.1) is 5.92 Å². The highest BCUT2D eigenvalue weighted by atomic mass is 19.4. The molecule has 0 saturated carbocycles. The van der Waals surface area contributed by atoms with E-state index in [1.807, 2.05) is 0 Å². The third-order valence-electron chi connectivity index (χ3n) is 3.40. The van der Waals surface area contributed by atoms with Gasteiger partial charge in [0.25, 0.3) is 0 Å². The Morgan fingerprint density at radius 3 is 2.57 bits per heavy atom. The van der Waals surface area contributed by atoms with Gasteiger partial charge < -0.3 is 15.4 Å². The number of alkyl carbamates (subject to hydrolysis) is 1. The van der Waals surface area contributed by atoms with Gasteiger partial charge in [-0.05, 0) is 59.2 Å². The summed E-state index contributed by atoms with van der Waals surface area (Å²) in [5.41, 5.74) is -0.507. The lowest BCUT2D eigenvalue weighted by atomic mass is 10.1. The number of ether oxygens (including phenoxy) is 1. The van der Waals surface area contributed by atoms with E-state index >= 15 is 0 Å². The minimum Gasteiger partial charge on any atom is -0.444 e. The molecule has 1 unspecified atom stereocenters. The fourth-order valence-corrected chi connectivity index (χ4v) is 2.50. The number of hydrogen-bond donors (Lipinski definition) is 2. The van der Waals surface area contributed by atoms with E-state index < -0.39 is 24.4 Å². The Kier molecular flexibility index (Phi) is 7.60. The molecule has 0 bridgehead atoms. The van der Waals surface area contributed by atoms with Crippen molar-refractivity contribution in [2.45, 2.75) is 45.4 Å². The molecule has 0 aromatic heterocycles. The first-order valence-corrected chi connectivity index (χ1v) is 8.02. The smallest absolute Gasteiger partial charge is 0.407 e. The Morgan fingerprint density at radius 1 is 1.26 bits per heavy atom. The van der Waals surface area contributed by atoms with E-state index in [2.05, 4.69) is 10.6 Å². The monoisotopic (exact) mass is 339 g/mol. The maximum absolute atomic E-state index is 12.3. The van der Waals surface area contributed by atoms with Crippen molar-refractivity contribution < 1.29 is 22.7 Å². The molecule has 1 rings (SSSR count). The molecule has 2 N–H and O–H groups in total. The molecule has 1 aliphatic heterocycles. The van der Waals surface area contributed by atoms with Crippen molar-refractivity contribution in [2.75, 3.05) is 39.3 Å². The average Bonchev–Trinajstić information content (AvgIpc) is 2.76. The molecule has 1 amide bonds. The van der Waals surface area contributed by atoms with E-state index in [1.165, 1.54) is 4.90 Å². The van der Waals surface area contributed by atoms with Crippen LogP contribution in [-0.2, 0) is 4.74 Å². The summed E-state index contributed by atoms with van der Waals surface area (Å²) in [7, 11) is 0. The zero-order valence-electron chi connectivity index (χ0n) is 14.1. The maximum Gasteiger partial charge on any atom is 0.407 e. The summed E-state index contributed by atoms with van der Waals surface area (Å²) in [6, 6.07) is 0. The quantitative estimate of drug-likeness (QED) is 0.699. The molecule has 0 spiro atoms. The van der Waals surface area contributed by atoms with Gasteiger partial charge in [-0.3, -0.25) is 4.90 Å². The number of alkyl halides is 3. The molecule has 0 aromatic rings. The predicted octanol–water partition coefficient (Wildman–Crippen LogP) is 2.38. The molecular formula is C15H28F3N3O2. The van der Waals surface area contributed by atoms with Crippen LogP contribution in [0.2, 0.25) is 0 Å². The fourth-order valence-electron chi connectivity index (χ4n) is 2.50. The molecule has 1 heterocycles. The van der Waals surface area contributed by atoms with Gasteiger partial charge in [0, 0.05) is 13.1 Å².